The van der Waals surface area contributed by atoms with Crippen molar-refractivity contribution in [2.75, 3.05) is 0 Å². The Balaban J connectivity index is 1.16. The third-order valence-electron chi connectivity index (χ3n) is 11.3. The second kappa shape index (κ2) is 12.4. The molecule has 2 aliphatic carbocycles. The Hall–Kier alpha value is -7.30. The van der Waals surface area contributed by atoms with Crippen LogP contribution in [0.2, 0.25) is 0 Å². The number of aromatic nitrogens is 4. The predicted octanol–water partition coefficient (Wildman–Crippen LogP) is 11.9. The minimum atomic E-state index is -0.535. The van der Waals surface area contributed by atoms with Gasteiger partial charge in [0.2, 0.25) is 0 Å². The first-order valence-electron chi connectivity index (χ1n) is 18.6. The van der Waals surface area contributed by atoms with Gasteiger partial charge in [-0.25, -0.2) is 15.0 Å². The summed E-state index contributed by atoms with van der Waals surface area (Å²) in [4.78, 5) is 19.6. The van der Waals surface area contributed by atoms with Crippen LogP contribution in [0.25, 0.3) is 78.7 Å². The van der Waals surface area contributed by atoms with Crippen LogP contribution in [0, 0.1) is 0 Å². The first-order valence-corrected chi connectivity index (χ1v) is 18.6. The average Bonchev–Trinajstić information content (AvgIpc) is 3.52. The highest BCUT2D eigenvalue weighted by Crippen LogP contribution is 2.61. The minimum absolute atomic E-state index is 0.535. The fraction of sp³-hybridized carbons (Fsp3) is 0.0196. The molecular formula is C51H32N4. The van der Waals surface area contributed by atoms with E-state index in [0.29, 0.717) is 17.5 Å². The zero-order valence-electron chi connectivity index (χ0n) is 29.8. The fourth-order valence-corrected chi connectivity index (χ4v) is 8.90. The number of benzene rings is 7. The molecule has 0 saturated carbocycles. The van der Waals surface area contributed by atoms with Gasteiger partial charge in [0.1, 0.15) is 0 Å². The van der Waals surface area contributed by atoms with Crippen molar-refractivity contribution in [2.45, 2.75) is 5.41 Å². The summed E-state index contributed by atoms with van der Waals surface area (Å²) in [6.45, 7) is 0. The van der Waals surface area contributed by atoms with Gasteiger partial charge in [0.15, 0.2) is 17.5 Å². The zero-order chi connectivity index (χ0) is 36.3. The van der Waals surface area contributed by atoms with Crippen molar-refractivity contribution in [3.63, 3.8) is 0 Å². The van der Waals surface area contributed by atoms with Gasteiger partial charge in [-0.1, -0.05) is 164 Å². The van der Waals surface area contributed by atoms with Gasteiger partial charge in [-0.15, -0.1) is 0 Å². The van der Waals surface area contributed by atoms with Crippen molar-refractivity contribution in [1.29, 1.82) is 0 Å². The Kier molecular flexibility index (Phi) is 7.04. The molecule has 0 N–H and O–H groups in total. The molecule has 1 spiro atoms. The third-order valence-corrected chi connectivity index (χ3v) is 11.3. The van der Waals surface area contributed by atoms with E-state index < -0.39 is 5.41 Å². The Morgan fingerprint density at radius 1 is 0.273 bits per heavy atom. The molecule has 0 unspecified atom stereocenters. The van der Waals surface area contributed by atoms with Crippen molar-refractivity contribution < 1.29 is 0 Å². The highest BCUT2D eigenvalue weighted by molar-refractivity contribution is 5.98. The Bertz CT molecular complexity index is 2870. The molecule has 0 amide bonds. The van der Waals surface area contributed by atoms with Crippen molar-refractivity contribution >= 4 is 0 Å². The molecule has 4 heteroatoms. The minimum Gasteiger partial charge on any atom is -0.265 e. The quantitative estimate of drug-likeness (QED) is 0.183. The van der Waals surface area contributed by atoms with Crippen LogP contribution in [0.3, 0.4) is 0 Å². The van der Waals surface area contributed by atoms with Gasteiger partial charge >= 0.3 is 0 Å². The molecule has 7 aromatic carbocycles. The largest absolute Gasteiger partial charge is 0.265 e. The maximum absolute atomic E-state index is 5.20. The van der Waals surface area contributed by atoms with E-state index in [1.807, 2.05) is 42.7 Å². The number of pyridine rings is 1. The fourth-order valence-electron chi connectivity index (χ4n) is 8.90. The summed E-state index contributed by atoms with van der Waals surface area (Å²) >= 11 is 0. The van der Waals surface area contributed by atoms with Crippen LogP contribution in [-0.4, -0.2) is 19.9 Å². The van der Waals surface area contributed by atoms with E-state index in [4.69, 9.17) is 15.0 Å². The SMILES string of the molecule is c1ccc(-c2nc(-c3ccc(-c4ccncc4)cc3)nc(-c3ccc4c(c3)-c3ccccc3-c3ccccc3C43c4ccccc4-c4ccccc43)n2)cc1. The molecule has 0 atom stereocenters. The maximum Gasteiger partial charge on any atom is 0.164 e. The number of rotatable bonds is 4. The van der Waals surface area contributed by atoms with Gasteiger partial charge in [-0.3, -0.25) is 4.98 Å². The predicted molar refractivity (Wildman–Crippen MR) is 221 cm³/mol. The summed E-state index contributed by atoms with van der Waals surface area (Å²) in [6.07, 6.45) is 3.63. The van der Waals surface area contributed by atoms with Gasteiger partial charge in [-0.2, -0.15) is 0 Å². The molecule has 0 bridgehead atoms. The van der Waals surface area contributed by atoms with E-state index >= 15 is 0 Å². The molecular weight excluding hydrogens is 669 g/mol. The second-order valence-electron chi connectivity index (χ2n) is 14.2. The van der Waals surface area contributed by atoms with E-state index in [9.17, 15) is 0 Å². The van der Waals surface area contributed by atoms with Crippen molar-refractivity contribution in [3.8, 4) is 78.7 Å². The van der Waals surface area contributed by atoms with Crippen LogP contribution in [0.4, 0.5) is 0 Å². The zero-order valence-corrected chi connectivity index (χ0v) is 29.8. The topological polar surface area (TPSA) is 51.6 Å². The molecule has 0 radical (unpaired) electrons. The first kappa shape index (κ1) is 31.2. The molecule has 9 aromatic rings. The summed E-state index contributed by atoms with van der Waals surface area (Å²) in [5.41, 5.74) is 17.0. The molecule has 0 aliphatic heterocycles. The lowest BCUT2D eigenvalue weighted by atomic mass is 9.66. The molecule has 0 fully saturated rings. The highest BCUT2D eigenvalue weighted by Gasteiger charge is 2.49. The number of nitrogens with zero attached hydrogens (tertiary/aromatic N) is 4. The van der Waals surface area contributed by atoms with Gasteiger partial charge in [-0.05, 0) is 85.0 Å². The van der Waals surface area contributed by atoms with Gasteiger partial charge in [0.25, 0.3) is 0 Å². The van der Waals surface area contributed by atoms with Crippen LogP contribution >= 0.6 is 0 Å². The second-order valence-corrected chi connectivity index (χ2v) is 14.2. The smallest absolute Gasteiger partial charge is 0.164 e. The molecule has 2 heterocycles. The molecule has 4 nitrogen and oxygen atoms in total. The van der Waals surface area contributed by atoms with Crippen molar-refractivity contribution in [3.05, 3.63) is 217 Å². The average molecular weight is 701 g/mol. The Morgan fingerprint density at radius 2 is 0.655 bits per heavy atom. The van der Waals surface area contributed by atoms with Crippen LogP contribution < -0.4 is 0 Å². The monoisotopic (exact) mass is 700 g/mol. The lowest BCUT2D eigenvalue weighted by Gasteiger charge is -2.35. The van der Waals surface area contributed by atoms with E-state index in [1.54, 1.807) is 0 Å². The lowest BCUT2D eigenvalue weighted by Crippen LogP contribution is -2.29. The molecule has 2 aromatic heterocycles. The molecule has 256 valence electrons. The van der Waals surface area contributed by atoms with E-state index in [2.05, 4.69) is 157 Å². The lowest BCUT2D eigenvalue weighted by molar-refractivity contribution is 0.775. The van der Waals surface area contributed by atoms with Crippen LogP contribution in [0.15, 0.2) is 194 Å². The van der Waals surface area contributed by atoms with E-state index in [0.717, 1.165) is 27.8 Å². The summed E-state index contributed by atoms with van der Waals surface area (Å²) in [7, 11) is 0. The highest BCUT2D eigenvalue weighted by atomic mass is 15.0. The van der Waals surface area contributed by atoms with Crippen LogP contribution in [0.5, 0.6) is 0 Å². The molecule has 55 heavy (non-hydrogen) atoms. The van der Waals surface area contributed by atoms with Crippen molar-refractivity contribution in [2.24, 2.45) is 0 Å². The van der Waals surface area contributed by atoms with Gasteiger partial charge in [0.05, 0.1) is 5.41 Å². The van der Waals surface area contributed by atoms with E-state index in [-0.39, 0.29) is 0 Å². The third kappa shape index (κ3) is 4.78. The Labute approximate surface area is 319 Å². The standard InChI is InChI=1S/C51H32N4/c1-2-12-35(13-3-1)48-53-49(36-24-22-33(23-25-36)34-28-30-52-31-29-34)55-50(54-48)37-26-27-47-43(32-37)39-15-5-4-14-38(39)40-16-6-9-19-44(40)51(47)45-20-10-7-17-41(45)42-18-8-11-21-46(42)51/h1-32H. The number of hydrogen-bond donors (Lipinski definition) is 0. The summed E-state index contributed by atoms with van der Waals surface area (Å²) in [5.74, 6) is 1.89. The summed E-state index contributed by atoms with van der Waals surface area (Å²) in [6, 6.07) is 65.2. The van der Waals surface area contributed by atoms with Gasteiger partial charge < -0.3 is 0 Å². The maximum atomic E-state index is 5.20. The molecule has 11 rings (SSSR count). The summed E-state index contributed by atoms with van der Waals surface area (Å²) < 4.78 is 0. The summed E-state index contributed by atoms with van der Waals surface area (Å²) in [5, 5.41) is 0. The van der Waals surface area contributed by atoms with Crippen LogP contribution in [0.1, 0.15) is 22.3 Å². The number of hydrogen-bond acceptors (Lipinski definition) is 4. The van der Waals surface area contributed by atoms with Gasteiger partial charge in [0, 0.05) is 29.1 Å². The van der Waals surface area contributed by atoms with E-state index in [1.165, 1.54) is 55.6 Å². The molecule has 0 saturated heterocycles. The number of fused-ring (bicyclic) bond motifs is 12. The molecule has 2 aliphatic rings. The van der Waals surface area contributed by atoms with Crippen LogP contribution in [-0.2, 0) is 5.41 Å². The Morgan fingerprint density at radius 3 is 1.24 bits per heavy atom. The first-order chi connectivity index (χ1) is 27.3. The van der Waals surface area contributed by atoms with Crippen molar-refractivity contribution in [1.82, 2.24) is 19.9 Å². The normalized spacial score (nSPS) is 12.9.